The van der Waals surface area contributed by atoms with Crippen LogP contribution >= 0.6 is 0 Å². The molecule has 2 aliphatic carbocycles. The van der Waals surface area contributed by atoms with Gasteiger partial charge in [-0.3, -0.25) is 0 Å². The molecule has 0 spiro atoms. The van der Waals surface area contributed by atoms with Gasteiger partial charge in [0, 0.05) is 6.04 Å². The molecule has 82 valence electrons. The maximum absolute atomic E-state index is 3.70. The lowest BCUT2D eigenvalue weighted by atomic mass is 9.88. The Kier molecular flexibility index (Phi) is 3.48. The maximum atomic E-state index is 3.70. The molecule has 2 rings (SSSR count). The van der Waals surface area contributed by atoms with Crippen molar-refractivity contribution in [3.05, 3.63) is 0 Å². The van der Waals surface area contributed by atoms with Crippen LogP contribution in [-0.2, 0) is 0 Å². The zero-order valence-electron chi connectivity index (χ0n) is 9.76. The minimum atomic E-state index is 0.890. The SMILES string of the molecule is CC(C)CC1CCCC1CNC1CC1. The molecule has 14 heavy (non-hydrogen) atoms. The second-order valence-corrected chi connectivity index (χ2v) is 5.76. The van der Waals surface area contributed by atoms with Crippen molar-refractivity contribution in [3.63, 3.8) is 0 Å². The molecule has 0 radical (unpaired) electrons. The number of hydrogen-bond donors (Lipinski definition) is 1. The molecule has 0 aromatic rings. The third-order valence-corrected chi connectivity index (χ3v) is 3.84. The first kappa shape index (κ1) is 10.5. The lowest BCUT2D eigenvalue weighted by Crippen LogP contribution is -2.27. The van der Waals surface area contributed by atoms with Gasteiger partial charge < -0.3 is 5.32 Å². The predicted octanol–water partition coefficient (Wildman–Crippen LogP) is 3.20. The molecule has 1 N–H and O–H groups in total. The van der Waals surface area contributed by atoms with Crippen molar-refractivity contribution in [1.82, 2.24) is 5.32 Å². The average Bonchev–Trinajstić information content (AvgIpc) is 2.85. The van der Waals surface area contributed by atoms with Crippen LogP contribution in [0.15, 0.2) is 0 Å². The van der Waals surface area contributed by atoms with Crippen LogP contribution < -0.4 is 5.32 Å². The third kappa shape index (κ3) is 2.98. The van der Waals surface area contributed by atoms with Crippen molar-refractivity contribution < 1.29 is 0 Å². The molecule has 2 saturated carbocycles. The molecule has 2 fully saturated rings. The van der Waals surface area contributed by atoms with Gasteiger partial charge in [-0.25, -0.2) is 0 Å². The first-order valence-electron chi connectivity index (χ1n) is 6.49. The molecule has 0 heterocycles. The molecule has 1 heteroatoms. The smallest absolute Gasteiger partial charge is 0.00683 e. The summed E-state index contributed by atoms with van der Waals surface area (Å²) in [6.07, 6.45) is 8.78. The van der Waals surface area contributed by atoms with E-state index >= 15 is 0 Å². The molecular weight excluding hydrogens is 170 g/mol. The van der Waals surface area contributed by atoms with Crippen LogP contribution in [0, 0.1) is 17.8 Å². The molecule has 0 amide bonds. The molecule has 2 atom stereocenters. The normalized spacial score (nSPS) is 32.8. The van der Waals surface area contributed by atoms with E-state index in [0.29, 0.717) is 0 Å². The van der Waals surface area contributed by atoms with E-state index in [1.54, 1.807) is 0 Å². The predicted molar refractivity (Wildman–Crippen MR) is 61.3 cm³/mol. The summed E-state index contributed by atoms with van der Waals surface area (Å²) in [4.78, 5) is 0. The molecule has 2 unspecified atom stereocenters. The molecule has 0 aliphatic heterocycles. The highest BCUT2D eigenvalue weighted by atomic mass is 14.9. The van der Waals surface area contributed by atoms with Crippen LogP contribution in [0.25, 0.3) is 0 Å². The van der Waals surface area contributed by atoms with Gasteiger partial charge in [-0.05, 0) is 50.0 Å². The highest BCUT2D eigenvalue weighted by Gasteiger charge is 2.29. The Morgan fingerprint density at radius 2 is 1.79 bits per heavy atom. The second kappa shape index (κ2) is 4.65. The zero-order chi connectivity index (χ0) is 9.97. The van der Waals surface area contributed by atoms with Gasteiger partial charge in [0.1, 0.15) is 0 Å². The molecule has 0 bridgehead atoms. The number of nitrogens with one attached hydrogen (secondary N) is 1. The van der Waals surface area contributed by atoms with E-state index in [1.165, 1.54) is 45.1 Å². The third-order valence-electron chi connectivity index (χ3n) is 3.84. The van der Waals surface area contributed by atoms with E-state index in [4.69, 9.17) is 0 Å². The lowest BCUT2D eigenvalue weighted by Gasteiger charge is -2.21. The Morgan fingerprint density at radius 3 is 2.43 bits per heavy atom. The summed E-state index contributed by atoms with van der Waals surface area (Å²) in [6.45, 7) is 6.04. The fraction of sp³-hybridized carbons (Fsp3) is 1.00. The lowest BCUT2D eigenvalue weighted by molar-refractivity contribution is 0.311. The van der Waals surface area contributed by atoms with E-state index in [-0.39, 0.29) is 0 Å². The molecular formula is C13H25N. The van der Waals surface area contributed by atoms with E-state index in [2.05, 4.69) is 19.2 Å². The Morgan fingerprint density at radius 1 is 1.07 bits per heavy atom. The van der Waals surface area contributed by atoms with Gasteiger partial charge in [0.15, 0.2) is 0 Å². The molecule has 2 aliphatic rings. The van der Waals surface area contributed by atoms with Gasteiger partial charge in [-0.1, -0.05) is 26.7 Å². The zero-order valence-corrected chi connectivity index (χ0v) is 9.76. The standard InChI is InChI=1S/C13H25N/c1-10(2)8-11-4-3-5-12(11)9-14-13-6-7-13/h10-14H,3-9H2,1-2H3. The summed E-state index contributed by atoms with van der Waals surface area (Å²) in [5.41, 5.74) is 0. The van der Waals surface area contributed by atoms with Crippen LogP contribution in [0.3, 0.4) is 0 Å². The largest absolute Gasteiger partial charge is 0.314 e. The Bertz CT molecular complexity index is 172. The summed E-state index contributed by atoms with van der Waals surface area (Å²) in [5, 5.41) is 3.70. The van der Waals surface area contributed by atoms with Crippen LogP contribution in [0.5, 0.6) is 0 Å². The number of hydrogen-bond acceptors (Lipinski definition) is 1. The summed E-state index contributed by atoms with van der Waals surface area (Å²) in [7, 11) is 0. The first-order valence-corrected chi connectivity index (χ1v) is 6.49. The molecule has 0 saturated heterocycles. The quantitative estimate of drug-likeness (QED) is 0.710. The fourth-order valence-corrected chi connectivity index (χ4v) is 2.90. The monoisotopic (exact) mass is 195 g/mol. The Hall–Kier alpha value is -0.0400. The van der Waals surface area contributed by atoms with E-state index in [1.807, 2.05) is 0 Å². The molecule has 0 aromatic carbocycles. The number of rotatable bonds is 5. The second-order valence-electron chi connectivity index (χ2n) is 5.76. The van der Waals surface area contributed by atoms with Gasteiger partial charge in [0.25, 0.3) is 0 Å². The summed E-state index contributed by atoms with van der Waals surface area (Å²) >= 11 is 0. The van der Waals surface area contributed by atoms with Gasteiger partial charge in [-0.15, -0.1) is 0 Å². The summed E-state index contributed by atoms with van der Waals surface area (Å²) in [6, 6.07) is 0.898. The van der Waals surface area contributed by atoms with Crippen molar-refractivity contribution in [2.45, 2.75) is 58.4 Å². The summed E-state index contributed by atoms with van der Waals surface area (Å²) < 4.78 is 0. The van der Waals surface area contributed by atoms with E-state index in [9.17, 15) is 0 Å². The minimum absolute atomic E-state index is 0.890. The van der Waals surface area contributed by atoms with E-state index < -0.39 is 0 Å². The van der Waals surface area contributed by atoms with Gasteiger partial charge in [0.05, 0.1) is 0 Å². The summed E-state index contributed by atoms with van der Waals surface area (Å²) in [5.74, 6) is 2.92. The Labute approximate surface area is 88.7 Å². The van der Waals surface area contributed by atoms with E-state index in [0.717, 1.165) is 23.8 Å². The van der Waals surface area contributed by atoms with Crippen molar-refractivity contribution in [3.8, 4) is 0 Å². The molecule has 0 aromatic heterocycles. The van der Waals surface area contributed by atoms with Crippen molar-refractivity contribution >= 4 is 0 Å². The molecule has 1 nitrogen and oxygen atoms in total. The van der Waals surface area contributed by atoms with Crippen molar-refractivity contribution in [1.29, 1.82) is 0 Å². The van der Waals surface area contributed by atoms with Gasteiger partial charge in [0.2, 0.25) is 0 Å². The van der Waals surface area contributed by atoms with Crippen molar-refractivity contribution in [2.75, 3.05) is 6.54 Å². The van der Waals surface area contributed by atoms with Crippen LogP contribution in [0.4, 0.5) is 0 Å². The van der Waals surface area contributed by atoms with Gasteiger partial charge in [-0.2, -0.15) is 0 Å². The highest BCUT2D eigenvalue weighted by molar-refractivity contribution is 4.85. The average molecular weight is 195 g/mol. The minimum Gasteiger partial charge on any atom is -0.314 e. The van der Waals surface area contributed by atoms with Gasteiger partial charge >= 0.3 is 0 Å². The Balaban J connectivity index is 1.71. The topological polar surface area (TPSA) is 12.0 Å². The van der Waals surface area contributed by atoms with Crippen LogP contribution in [-0.4, -0.2) is 12.6 Å². The van der Waals surface area contributed by atoms with Crippen molar-refractivity contribution in [2.24, 2.45) is 17.8 Å². The fourth-order valence-electron chi connectivity index (χ4n) is 2.90. The maximum Gasteiger partial charge on any atom is 0.00683 e. The first-order chi connectivity index (χ1) is 6.75. The van der Waals surface area contributed by atoms with Crippen LogP contribution in [0.2, 0.25) is 0 Å². The highest BCUT2D eigenvalue weighted by Crippen LogP contribution is 2.36. The van der Waals surface area contributed by atoms with Crippen LogP contribution in [0.1, 0.15) is 52.4 Å².